The first-order valence-electron chi connectivity index (χ1n) is 5.23. The summed E-state index contributed by atoms with van der Waals surface area (Å²) in [6.45, 7) is 0. The lowest BCUT2D eigenvalue weighted by molar-refractivity contribution is -0.136. The van der Waals surface area contributed by atoms with Crippen LogP contribution >= 0.6 is 27.7 Å². The van der Waals surface area contributed by atoms with Crippen molar-refractivity contribution in [1.82, 2.24) is 4.98 Å². The standard InChI is InChI=1S/C13H10BrNO2S/c14-10-3-6-12(15-8-10)18-11-4-1-9(2-5-11)7-13(16)17/h1-6,8H,7H2,(H,16,17). The number of pyridine rings is 1. The highest BCUT2D eigenvalue weighted by atomic mass is 79.9. The van der Waals surface area contributed by atoms with Crippen LogP contribution in [0.25, 0.3) is 0 Å². The van der Waals surface area contributed by atoms with Crippen LogP contribution in [0, 0.1) is 0 Å². The van der Waals surface area contributed by atoms with E-state index >= 15 is 0 Å². The molecule has 0 amide bonds. The number of rotatable bonds is 4. The third-order valence-electron chi connectivity index (χ3n) is 2.20. The Balaban J connectivity index is 2.06. The third-order valence-corrected chi connectivity index (χ3v) is 3.63. The van der Waals surface area contributed by atoms with Crippen molar-refractivity contribution in [2.45, 2.75) is 16.3 Å². The maximum atomic E-state index is 10.6. The Morgan fingerprint density at radius 1 is 1.22 bits per heavy atom. The average Bonchev–Trinajstić information content (AvgIpc) is 2.34. The molecule has 0 radical (unpaired) electrons. The lowest BCUT2D eigenvalue weighted by atomic mass is 10.2. The Hall–Kier alpha value is -1.33. The predicted octanol–water partition coefficient (Wildman–Crippen LogP) is 3.62. The first kappa shape index (κ1) is 13.1. The lowest BCUT2D eigenvalue weighted by Gasteiger charge is -2.02. The number of aliphatic carboxylic acids is 1. The summed E-state index contributed by atoms with van der Waals surface area (Å²) in [5.74, 6) is -0.815. The molecule has 0 bridgehead atoms. The molecule has 0 spiro atoms. The summed E-state index contributed by atoms with van der Waals surface area (Å²) >= 11 is 4.88. The monoisotopic (exact) mass is 323 g/mol. The molecule has 0 atom stereocenters. The van der Waals surface area contributed by atoms with Crippen LogP contribution in [0.15, 0.2) is 57.0 Å². The van der Waals surface area contributed by atoms with Gasteiger partial charge in [0, 0.05) is 15.6 Å². The smallest absolute Gasteiger partial charge is 0.307 e. The van der Waals surface area contributed by atoms with Crippen molar-refractivity contribution in [3.8, 4) is 0 Å². The fourth-order valence-corrected chi connectivity index (χ4v) is 2.38. The fraction of sp³-hybridized carbons (Fsp3) is 0.0769. The molecule has 0 saturated heterocycles. The summed E-state index contributed by atoms with van der Waals surface area (Å²) in [5.41, 5.74) is 0.801. The maximum absolute atomic E-state index is 10.6. The van der Waals surface area contributed by atoms with Crippen LogP contribution in [0.4, 0.5) is 0 Å². The Morgan fingerprint density at radius 3 is 2.50 bits per heavy atom. The van der Waals surface area contributed by atoms with E-state index in [1.165, 1.54) is 0 Å². The molecule has 2 rings (SSSR count). The number of benzene rings is 1. The predicted molar refractivity (Wildman–Crippen MR) is 73.8 cm³/mol. The Labute approximate surface area is 117 Å². The summed E-state index contributed by atoms with van der Waals surface area (Å²) in [6, 6.07) is 11.3. The van der Waals surface area contributed by atoms with E-state index in [0.717, 1.165) is 20.0 Å². The molecule has 0 aliphatic heterocycles. The zero-order valence-electron chi connectivity index (χ0n) is 9.34. The van der Waals surface area contributed by atoms with Crippen LogP contribution in [0.2, 0.25) is 0 Å². The van der Waals surface area contributed by atoms with Crippen molar-refractivity contribution < 1.29 is 9.90 Å². The van der Waals surface area contributed by atoms with Crippen LogP contribution in [-0.2, 0) is 11.2 Å². The Morgan fingerprint density at radius 2 is 1.94 bits per heavy atom. The first-order chi connectivity index (χ1) is 8.63. The lowest BCUT2D eigenvalue weighted by Crippen LogP contribution is -1.99. The molecule has 0 fully saturated rings. The van der Waals surface area contributed by atoms with Gasteiger partial charge < -0.3 is 5.11 Å². The van der Waals surface area contributed by atoms with Crippen molar-refractivity contribution in [3.63, 3.8) is 0 Å². The number of carboxylic acids is 1. The maximum Gasteiger partial charge on any atom is 0.307 e. The molecule has 1 N–H and O–H groups in total. The number of halogens is 1. The highest BCUT2D eigenvalue weighted by Gasteiger charge is 2.02. The quantitative estimate of drug-likeness (QED) is 0.933. The molecule has 1 heterocycles. The van der Waals surface area contributed by atoms with E-state index in [2.05, 4.69) is 20.9 Å². The minimum atomic E-state index is -0.815. The molecule has 1 aromatic heterocycles. The minimum Gasteiger partial charge on any atom is -0.481 e. The van der Waals surface area contributed by atoms with Gasteiger partial charge in [0.05, 0.1) is 6.42 Å². The molecule has 18 heavy (non-hydrogen) atoms. The van der Waals surface area contributed by atoms with E-state index in [4.69, 9.17) is 5.11 Å². The molecule has 1 aromatic carbocycles. The van der Waals surface area contributed by atoms with Crippen LogP contribution in [0.3, 0.4) is 0 Å². The molecule has 0 aliphatic rings. The number of aromatic nitrogens is 1. The fourth-order valence-electron chi connectivity index (χ4n) is 1.39. The summed E-state index contributed by atoms with van der Waals surface area (Å²) in [7, 11) is 0. The summed E-state index contributed by atoms with van der Waals surface area (Å²) < 4.78 is 0.948. The molecular weight excluding hydrogens is 314 g/mol. The van der Waals surface area contributed by atoms with E-state index in [9.17, 15) is 4.79 Å². The zero-order valence-corrected chi connectivity index (χ0v) is 11.7. The van der Waals surface area contributed by atoms with Crippen molar-refractivity contribution in [2.24, 2.45) is 0 Å². The van der Waals surface area contributed by atoms with Crippen molar-refractivity contribution in [1.29, 1.82) is 0 Å². The second-order valence-electron chi connectivity index (χ2n) is 3.63. The van der Waals surface area contributed by atoms with E-state index in [1.54, 1.807) is 18.0 Å². The second kappa shape index (κ2) is 6.02. The van der Waals surface area contributed by atoms with Crippen LogP contribution in [0.5, 0.6) is 0 Å². The van der Waals surface area contributed by atoms with Gasteiger partial charge in [-0.2, -0.15) is 0 Å². The molecule has 0 unspecified atom stereocenters. The van der Waals surface area contributed by atoms with Crippen molar-refractivity contribution >= 4 is 33.7 Å². The second-order valence-corrected chi connectivity index (χ2v) is 5.64. The van der Waals surface area contributed by atoms with Crippen LogP contribution in [-0.4, -0.2) is 16.1 Å². The van der Waals surface area contributed by atoms with E-state index < -0.39 is 5.97 Å². The number of hydrogen-bond donors (Lipinski definition) is 1. The van der Waals surface area contributed by atoms with Crippen molar-refractivity contribution in [2.75, 3.05) is 0 Å². The van der Waals surface area contributed by atoms with Gasteiger partial charge in [0.1, 0.15) is 5.03 Å². The van der Waals surface area contributed by atoms with Crippen LogP contribution < -0.4 is 0 Å². The van der Waals surface area contributed by atoms with Gasteiger partial charge in [-0.25, -0.2) is 4.98 Å². The summed E-state index contributed by atoms with van der Waals surface area (Å²) in [5, 5.41) is 9.58. The van der Waals surface area contributed by atoms with Gasteiger partial charge in [0.2, 0.25) is 0 Å². The highest BCUT2D eigenvalue weighted by Crippen LogP contribution is 2.26. The van der Waals surface area contributed by atoms with Gasteiger partial charge in [-0.3, -0.25) is 4.79 Å². The average molecular weight is 324 g/mol. The summed E-state index contributed by atoms with van der Waals surface area (Å²) in [4.78, 5) is 15.9. The molecule has 2 aromatic rings. The topological polar surface area (TPSA) is 50.2 Å². The normalized spacial score (nSPS) is 10.3. The van der Waals surface area contributed by atoms with Gasteiger partial charge in [-0.1, -0.05) is 23.9 Å². The van der Waals surface area contributed by atoms with E-state index in [0.29, 0.717) is 0 Å². The number of hydrogen-bond acceptors (Lipinski definition) is 3. The molecule has 0 saturated carbocycles. The van der Waals surface area contributed by atoms with Gasteiger partial charge in [-0.15, -0.1) is 0 Å². The first-order valence-corrected chi connectivity index (χ1v) is 6.84. The minimum absolute atomic E-state index is 0.0570. The largest absolute Gasteiger partial charge is 0.481 e. The third kappa shape index (κ3) is 3.85. The molecule has 3 nitrogen and oxygen atoms in total. The van der Waals surface area contributed by atoms with Crippen molar-refractivity contribution in [3.05, 3.63) is 52.6 Å². The molecule has 0 aliphatic carbocycles. The number of carboxylic acid groups (broad SMARTS) is 1. The summed E-state index contributed by atoms with van der Waals surface area (Å²) in [6.07, 6.45) is 1.81. The van der Waals surface area contributed by atoms with E-state index in [-0.39, 0.29) is 6.42 Å². The van der Waals surface area contributed by atoms with Gasteiger partial charge in [0.25, 0.3) is 0 Å². The highest BCUT2D eigenvalue weighted by molar-refractivity contribution is 9.10. The van der Waals surface area contributed by atoms with Gasteiger partial charge in [-0.05, 0) is 45.8 Å². The molecule has 5 heteroatoms. The zero-order chi connectivity index (χ0) is 13.0. The SMILES string of the molecule is O=C(O)Cc1ccc(Sc2ccc(Br)cn2)cc1. The molecule has 92 valence electrons. The van der Waals surface area contributed by atoms with E-state index in [1.807, 2.05) is 36.4 Å². The van der Waals surface area contributed by atoms with Gasteiger partial charge >= 0.3 is 5.97 Å². The number of carbonyl (C=O) groups is 1. The van der Waals surface area contributed by atoms with Gasteiger partial charge in [0.15, 0.2) is 0 Å². The molecular formula is C13H10BrNO2S. The number of nitrogens with zero attached hydrogens (tertiary/aromatic N) is 1. The Kier molecular flexibility index (Phi) is 4.38. The van der Waals surface area contributed by atoms with Crippen LogP contribution in [0.1, 0.15) is 5.56 Å². The Bertz CT molecular complexity index is 540.